The van der Waals surface area contributed by atoms with E-state index in [-0.39, 0.29) is 6.04 Å². The molecule has 0 spiro atoms. The van der Waals surface area contributed by atoms with Gasteiger partial charge < -0.3 is 5.32 Å². The van der Waals surface area contributed by atoms with Crippen molar-refractivity contribution in [1.82, 2.24) is 0 Å². The Morgan fingerprint density at radius 3 is 2.67 bits per heavy atom. The van der Waals surface area contributed by atoms with Gasteiger partial charge in [-0.25, -0.2) is 0 Å². The highest BCUT2D eigenvalue weighted by Gasteiger charge is 2.39. The number of thioether (sulfide) groups is 1. The van der Waals surface area contributed by atoms with Crippen molar-refractivity contribution in [2.24, 2.45) is 5.92 Å². The van der Waals surface area contributed by atoms with Crippen LogP contribution in [0, 0.1) is 12.8 Å². The lowest BCUT2D eigenvalue weighted by molar-refractivity contribution is 0.425. The number of hydrogen-bond acceptors (Lipinski definition) is 2. The van der Waals surface area contributed by atoms with Crippen molar-refractivity contribution in [2.45, 2.75) is 36.0 Å². The Hall–Kier alpha value is -1.87. The topological polar surface area (TPSA) is 12.0 Å². The minimum absolute atomic E-state index is 0.159. The molecule has 0 saturated heterocycles. The maximum Gasteiger partial charge on any atom is 0.0645 e. The minimum Gasteiger partial charge on any atom is -0.377 e. The highest BCUT2D eigenvalue weighted by Crippen LogP contribution is 2.52. The Bertz CT molecular complexity index is 1110. The monoisotopic (exact) mass is 451 g/mol. The second-order valence-corrected chi connectivity index (χ2v) is 9.93. The van der Waals surface area contributed by atoms with E-state index >= 15 is 0 Å². The van der Waals surface area contributed by atoms with Crippen LogP contribution in [0.1, 0.15) is 40.6 Å². The van der Waals surface area contributed by atoms with Crippen LogP contribution in [0.2, 0.25) is 10.0 Å². The number of aryl methyl sites for hydroxylation is 1. The molecule has 152 valence electrons. The second kappa shape index (κ2) is 8.34. The van der Waals surface area contributed by atoms with E-state index in [4.69, 9.17) is 23.2 Å². The molecule has 3 aromatic carbocycles. The zero-order valence-electron chi connectivity index (χ0n) is 16.7. The molecular weight excluding hydrogens is 429 g/mol. The number of nitrogens with one attached hydrogen (secondary N) is 1. The van der Waals surface area contributed by atoms with Crippen LogP contribution in [0.25, 0.3) is 0 Å². The van der Waals surface area contributed by atoms with Crippen molar-refractivity contribution in [3.8, 4) is 0 Å². The molecule has 0 radical (unpaired) electrons. The van der Waals surface area contributed by atoms with Gasteiger partial charge in [0.25, 0.3) is 0 Å². The maximum absolute atomic E-state index is 6.61. The standard InChI is InChI=1S/C26H23Cl2NS/c1-16-13-17(15-30-18-7-3-2-4-8-18)14-22-19-9-5-10-20(19)26(29-25(16)22)21-11-6-12-23(27)24(21)28/h2-9,11-14,19-20,26,29H,10,15H2,1H3/t19-,20-,26-/m0/s1. The van der Waals surface area contributed by atoms with Gasteiger partial charge in [-0.15, -0.1) is 11.8 Å². The summed E-state index contributed by atoms with van der Waals surface area (Å²) in [7, 11) is 0. The van der Waals surface area contributed by atoms with Crippen molar-refractivity contribution < 1.29 is 0 Å². The third-order valence-electron chi connectivity index (χ3n) is 6.19. The van der Waals surface area contributed by atoms with E-state index in [0.29, 0.717) is 21.9 Å². The van der Waals surface area contributed by atoms with Crippen LogP contribution in [0.15, 0.2) is 77.7 Å². The number of anilines is 1. The highest BCUT2D eigenvalue weighted by molar-refractivity contribution is 7.98. The summed E-state index contributed by atoms with van der Waals surface area (Å²) in [5, 5.41) is 5.12. The largest absolute Gasteiger partial charge is 0.377 e. The molecule has 1 N–H and O–H groups in total. The van der Waals surface area contributed by atoms with Gasteiger partial charge in [0, 0.05) is 22.3 Å². The molecule has 1 aliphatic carbocycles. The van der Waals surface area contributed by atoms with Gasteiger partial charge in [-0.2, -0.15) is 0 Å². The Labute approximate surface area is 192 Å². The highest BCUT2D eigenvalue weighted by atomic mass is 35.5. The SMILES string of the molecule is Cc1cc(CSc2ccccc2)cc2c1N[C@H](c1cccc(Cl)c1Cl)[C@H]1CC=C[C@H]21. The van der Waals surface area contributed by atoms with Crippen molar-refractivity contribution in [3.63, 3.8) is 0 Å². The number of fused-ring (bicyclic) bond motifs is 3. The average Bonchev–Trinajstić information content (AvgIpc) is 3.25. The first kappa shape index (κ1) is 20.1. The molecule has 1 nitrogen and oxygen atoms in total. The summed E-state index contributed by atoms with van der Waals surface area (Å²) >= 11 is 14.8. The predicted molar refractivity (Wildman–Crippen MR) is 130 cm³/mol. The molecule has 0 unspecified atom stereocenters. The van der Waals surface area contributed by atoms with Crippen LogP contribution in [0.5, 0.6) is 0 Å². The molecule has 3 atom stereocenters. The molecule has 0 bridgehead atoms. The lowest BCUT2D eigenvalue weighted by atomic mass is 9.76. The van der Waals surface area contributed by atoms with Crippen LogP contribution in [0.4, 0.5) is 5.69 Å². The first-order chi connectivity index (χ1) is 14.6. The molecule has 1 heterocycles. The summed E-state index contributed by atoms with van der Waals surface area (Å²) in [5.74, 6) is 1.83. The number of halogens is 2. The molecule has 2 aliphatic rings. The van der Waals surface area contributed by atoms with Gasteiger partial charge in [0.05, 0.1) is 16.1 Å². The Kier molecular flexibility index (Phi) is 5.58. The second-order valence-electron chi connectivity index (χ2n) is 8.10. The van der Waals surface area contributed by atoms with Crippen molar-refractivity contribution in [1.29, 1.82) is 0 Å². The van der Waals surface area contributed by atoms with Crippen LogP contribution in [-0.4, -0.2) is 0 Å². The number of rotatable bonds is 4. The molecule has 0 fully saturated rings. The molecular formula is C26H23Cl2NS. The van der Waals surface area contributed by atoms with E-state index in [1.165, 1.54) is 27.3 Å². The van der Waals surface area contributed by atoms with E-state index < -0.39 is 0 Å². The van der Waals surface area contributed by atoms with Gasteiger partial charge in [-0.05, 0) is 59.7 Å². The first-order valence-electron chi connectivity index (χ1n) is 10.3. The summed E-state index contributed by atoms with van der Waals surface area (Å²) in [5.41, 5.74) is 6.42. The van der Waals surface area contributed by atoms with E-state index in [0.717, 1.165) is 17.7 Å². The van der Waals surface area contributed by atoms with Gasteiger partial charge in [-0.1, -0.05) is 77.8 Å². The fourth-order valence-electron chi connectivity index (χ4n) is 4.80. The Morgan fingerprint density at radius 2 is 1.83 bits per heavy atom. The third kappa shape index (κ3) is 3.66. The molecule has 0 aromatic heterocycles. The zero-order chi connectivity index (χ0) is 20.7. The molecule has 5 rings (SSSR count). The fourth-order valence-corrected chi connectivity index (χ4v) is 6.07. The molecule has 0 saturated carbocycles. The summed E-state index contributed by atoms with van der Waals surface area (Å²) in [4.78, 5) is 1.31. The molecule has 0 amide bonds. The third-order valence-corrected chi connectivity index (χ3v) is 8.11. The van der Waals surface area contributed by atoms with Gasteiger partial charge in [-0.3, -0.25) is 0 Å². The van der Waals surface area contributed by atoms with E-state index in [9.17, 15) is 0 Å². The molecule has 3 aromatic rings. The van der Waals surface area contributed by atoms with Crippen molar-refractivity contribution in [2.75, 3.05) is 5.32 Å². The minimum atomic E-state index is 0.159. The predicted octanol–water partition coefficient (Wildman–Crippen LogP) is 8.42. The summed E-state index contributed by atoms with van der Waals surface area (Å²) < 4.78 is 0. The number of benzene rings is 3. The molecule has 4 heteroatoms. The number of allylic oxidation sites excluding steroid dienone is 2. The Balaban J connectivity index is 1.49. The van der Waals surface area contributed by atoms with Crippen LogP contribution >= 0.6 is 35.0 Å². The van der Waals surface area contributed by atoms with E-state index in [1.807, 2.05) is 23.9 Å². The summed E-state index contributed by atoms with van der Waals surface area (Å²) in [6, 6.07) is 21.4. The van der Waals surface area contributed by atoms with Gasteiger partial charge in [0.15, 0.2) is 0 Å². The van der Waals surface area contributed by atoms with Crippen LogP contribution < -0.4 is 5.32 Å². The fraction of sp³-hybridized carbons (Fsp3) is 0.231. The lowest BCUT2D eigenvalue weighted by Crippen LogP contribution is -2.30. The quantitative estimate of drug-likeness (QED) is 0.315. The zero-order valence-corrected chi connectivity index (χ0v) is 19.1. The summed E-state index contributed by atoms with van der Waals surface area (Å²) in [6.07, 6.45) is 5.74. The lowest BCUT2D eigenvalue weighted by Gasteiger charge is -2.39. The smallest absolute Gasteiger partial charge is 0.0645 e. The average molecular weight is 452 g/mol. The normalized spacial score (nSPS) is 21.8. The summed E-state index contributed by atoms with van der Waals surface area (Å²) in [6.45, 7) is 2.21. The van der Waals surface area contributed by atoms with Crippen molar-refractivity contribution >= 4 is 40.7 Å². The molecule has 1 aliphatic heterocycles. The Morgan fingerprint density at radius 1 is 1.00 bits per heavy atom. The van der Waals surface area contributed by atoms with Crippen molar-refractivity contribution in [3.05, 3.63) is 105 Å². The van der Waals surface area contributed by atoms with Crippen LogP contribution in [0.3, 0.4) is 0 Å². The van der Waals surface area contributed by atoms with Crippen LogP contribution in [-0.2, 0) is 5.75 Å². The van der Waals surface area contributed by atoms with E-state index in [2.05, 4.69) is 72.9 Å². The van der Waals surface area contributed by atoms with Gasteiger partial charge in [0.1, 0.15) is 0 Å². The maximum atomic E-state index is 6.61. The number of hydrogen-bond donors (Lipinski definition) is 1. The van der Waals surface area contributed by atoms with Gasteiger partial charge in [0.2, 0.25) is 0 Å². The molecule has 30 heavy (non-hydrogen) atoms. The first-order valence-corrected chi connectivity index (χ1v) is 12.0. The van der Waals surface area contributed by atoms with E-state index in [1.54, 1.807) is 0 Å². The van der Waals surface area contributed by atoms with Gasteiger partial charge >= 0.3 is 0 Å².